The lowest BCUT2D eigenvalue weighted by Gasteiger charge is -2.47. The maximum Gasteiger partial charge on any atom is 0.0249 e. The standard InChI is InChI=1S/C18H38N2/c1-9-18(5,6)14-10-11-15(19-7)16(12-14)20(8)13-17(2,3)4/h14-16,19H,9-13H2,1-8H3. The Morgan fingerprint density at radius 1 is 1.10 bits per heavy atom. The molecule has 0 bridgehead atoms. The van der Waals surface area contributed by atoms with Crippen molar-refractivity contribution in [1.29, 1.82) is 0 Å². The molecule has 1 aliphatic carbocycles. The first kappa shape index (κ1) is 18.0. The molecule has 20 heavy (non-hydrogen) atoms. The van der Waals surface area contributed by atoms with Gasteiger partial charge in [-0.05, 0) is 50.1 Å². The molecular formula is C18H38N2. The summed E-state index contributed by atoms with van der Waals surface area (Å²) in [6.07, 6.45) is 5.34. The first-order chi connectivity index (χ1) is 9.10. The van der Waals surface area contributed by atoms with Crippen molar-refractivity contribution in [2.24, 2.45) is 16.7 Å². The van der Waals surface area contributed by atoms with Crippen LogP contribution in [0.15, 0.2) is 0 Å². The summed E-state index contributed by atoms with van der Waals surface area (Å²) in [6, 6.07) is 1.34. The second-order valence-corrected chi connectivity index (χ2v) is 8.79. The minimum absolute atomic E-state index is 0.375. The molecule has 0 aromatic heterocycles. The Kier molecular flexibility index (Phi) is 6.10. The summed E-state index contributed by atoms with van der Waals surface area (Å²) in [5.41, 5.74) is 0.861. The van der Waals surface area contributed by atoms with Crippen LogP contribution in [0.25, 0.3) is 0 Å². The Hall–Kier alpha value is -0.0800. The van der Waals surface area contributed by atoms with Gasteiger partial charge in [-0.2, -0.15) is 0 Å². The fraction of sp³-hybridized carbons (Fsp3) is 1.00. The second kappa shape index (κ2) is 6.79. The van der Waals surface area contributed by atoms with Crippen LogP contribution < -0.4 is 5.32 Å². The van der Waals surface area contributed by atoms with Crippen LogP contribution in [0.5, 0.6) is 0 Å². The van der Waals surface area contributed by atoms with Gasteiger partial charge in [-0.1, -0.05) is 48.0 Å². The normalized spacial score (nSPS) is 28.9. The van der Waals surface area contributed by atoms with E-state index in [4.69, 9.17) is 0 Å². The molecule has 1 N–H and O–H groups in total. The number of nitrogens with one attached hydrogen (secondary N) is 1. The molecule has 0 amide bonds. The highest BCUT2D eigenvalue weighted by atomic mass is 15.2. The van der Waals surface area contributed by atoms with E-state index < -0.39 is 0 Å². The van der Waals surface area contributed by atoms with Gasteiger partial charge in [-0.15, -0.1) is 0 Å². The summed E-state index contributed by atoms with van der Waals surface area (Å²) in [7, 11) is 4.45. The highest BCUT2D eigenvalue weighted by Gasteiger charge is 2.38. The molecule has 1 aliphatic rings. The fourth-order valence-electron chi connectivity index (χ4n) is 3.83. The minimum Gasteiger partial charge on any atom is -0.315 e. The molecule has 3 atom stereocenters. The van der Waals surface area contributed by atoms with Gasteiger partial charge in [0.05, 0.1) is 0 Å². The van der Waals surface area contributed by atoms with Crippen LogP contribution in [-0.4, -0.2) is 37.6 Å². The van der Waals surface area contributed by atoms with E-state index in [0.717, 1.165) is 5.92 Å². The molecule has 120 valence electrons. The van der Waals surface area contributed by atoms with Crippen molar-refractivity contribution in [3.63, 3.8) is 0 Å². The van der Waals surface area contributed by atoms with Gasteiger partial charge in [0, 0.05) is 18.6 Å². The van der Waals surface area contributed by atoms with Gasteiger partial charge in [0.25, 0.3) is 0 Å². The molecule has 0 aliphatic heterocycles. The zero-order valence-corrected chi connectivity index (χ0v) is 15.2. The molecule has 0 saturated heterocycles. The van der Waals surface area contributed by atoms with Crippen molar-refractivity contribution < 1.29 is 0 Å². The van der Waals surface area contributed by atoms with Gasteiger partial charge in [-0.25, -0.2) is 0 Å². The zero-order valence-electron chi connectivity index (χ0n) is 15.2. The first-order valence-electron chi connectivity index (χ1n) is 8.48. The maximum absolute atomic E-state index is 3.57. The van der Waals surface area contributed by atoms with E-state index >= 15 is 0 Å². The maximum atomic E-state index is 3.57. The quantitative estimate of drug-likeness (QED) is 0.814. The van der Waals surface area contributed by atoms with Crippen LogP contribution in [0.3, 0.4) is 0 Å². The topological polar surface area (TPSA) is 15.3 Å². The molecule has 2 nitrogen and oxygen atoms in total. The zero-order chi connectivity index (χ0) is 15.6. The Bertz CT molecular complexity index is 290. The van der Waals surface area contributed by atoms with Gasteiger partial charge >= 0.3 is 0 Å². The van der Waals surface area contributed by atoms with Crippen molar-refractivity contribution in [1.82, 2.24) is 10.2 Å². The lowest BCUT2D eigenvalue weighted by molar-refractivity contribution is 0.0500. The van der Waals surface area contributed by atoms with E-state index in [1.165, 1.54) is 32.2 Å². The molecule has 0 spiro atoms. The molecule has 1 rings (SSSR count). The first-order valence-corrected chi connectivity index (χ1v) is 8.48. The van der Waals surface area contributed by atoms with Crippen LogP contribution >= 0.6 is 0 Å². The molecular weight excluding hydrogens is 244 g/mol. The van der Waals surface area contributed by atoms with E-state index in [1.54, 1.807) is 0 Å². The van der Waals surface area contributed by atoms with Crippen LogP contribution in [0.1, 0.15) is 67.2 Å². The lowest BCUT2D eigenvalue weighted by Crippen LogP contribution is -2.54. The van der Waals surface area contributed by atoms with E-state index in [9.17, 15) is 0 Å². The summed E-state index contributed by atoms with van der Waals surface area (Å²) in [4.78, 5) is 2.61. The van der Waals surface area contributed by atoms with E-state index in [2.05, 4.69) is 65.9 Å². The highest BCUT2D eigenvalue weighted by Crippen LogP contribution is 2.41. The molecule has 0 aromatic carbocycles. The Labute approximate surface area is 127 Å². The Balaban J connectivity index is 2.78. The summed E-state index contributed by atoms with van der Waals surface area (Å²) in [5, 5.41) is 3.57. The van der Waals surface area contributed by atoms with Crippen molar-refractivity contribution >= 4 is 0 Å². The lowest BCUT2D eigenvalue weighted by atomic mass is 9.67. The summed E-state index contributed by atoms with van der Waals surface area (Å²) in [6.45, 7) is 15.5. The van der Waals surface area contributed by atoms with Gasteiger partial charge in [0.15, 0.2) is 0 Å². The molecule has 3 unspecified atom stereocenters. The minimum atomic E-state index is 0.375. The van der Waals surface area contributed by atoms with E-state index in [-0.39, 0.29) is 0 Å². The van der Waals surface area contributed by atoms with Gasteiger partial charge < -0.3 is 10.2 Å². The molecule has 0 aromatic rings. The molecule has 2 heteroatoms. The van der Waals surface area contributed by atoms with Crippen molar-refractivity contribution in [2.45, 2.75) is 79.3 Å². The van der Waals surface area contributed by atoms with Crippen molar-refractivity contribution in [3.05, 3.63) is 0 Å². The van der Waals surface area contributed by atoms with Gasteiger partial charge in [-0.3, -0.25) is 0 Å². The van der Waals surface area contributed by atoms with Crippen LogP contribution in [0.4, 0.5) is 0 Å². The average molecular weight is 283 g/mol. The largest absolute Gasteiger partial charge is 0.315 e. The third-order valence-corrected chi connectivity index (χ3v) is 5.49. The molecule has 0 heterocycles. The number of hydrogen-bond acceptors (Lipinski definition) is 2. The molecule has 0 radical (unpaired) electrons. The second-order valence-electron chi connectivity index (χ2n) is 8.79. The highest BCUT2D eigenvalue weighted by molar-refractivity contribution is 4.94. The predicted molar refractivity (Wildman–Crippen MR) is 90.1 cm³/mol. The smallest absolute Gasteiger partial charge is 0.0249 e. The molecule has 1 fully saturated rings. The fourth-order valence-corrected chi connectivity index (χ4v) is 3.83. The van der Waals surface area contributed by atoms with Crippen molar-refractivity contribution in [3.8, 4) is 0 Å². The third-order valence-electron chi connectivity index (χ3n) is 5.49. The Morgan fingerprint density at radius 3 is 2.15 bits per heavy atom. The predicted octanol–water partition coefficient (Wildman–Crippen LogP) is 4.16. The summed E-state index contributed by atoms with van der Waals surface area (Å²) in [5.74, 6) is 0.865. The average Bonchev–Trinajstić information content (AvgIpc) is 2.35. The SMILES string of the molecule is CCC(C)(C)C1CCC(NC)C(N(C)CC(C)(C)C)C1. The van der Waals surface area contributed by atoms with Crippen LogP contribution in [-0.2, 0) is 0 Å². The third kappa shape index (κ3) is 4.73. The van der Waals surface area contributed by atoms with E-state index in [1.807, 2.05) is 0 Å². The summed E-state index contributed by atoms with van der Waals surface area (Å²) >= 11 is 0. The number of likely N-dealkylation sites (N-methyl/N-ethyl adjacent to an activating group) is 2. The van der Waals surface area contributed by atoms with Gasteiger partial charge in [0.2, 0.25) is 0 Å². The van der Waals surface area contributed by atoms with E-state index in [0.29, 0.717) is 22.9 Å². The number of nitrogens with zero attached hydrogens (tertiary/aromatic N) is 1. The molecule has 1 saturated carbocycles. The van der Waals surface area contributed by atoms with Crippen LogP contribution in [0.2, 0.25) is 0 Å². The Morgan fingerprint density at radius 2 is 1.70 bits per heavy atom. The van der Waals surface area contributed by atoms with Gasteiger partial charge in [0.1, 0.15) is 0 Å². The van der Waals surface area contributed by atoms with Crippen molar-refractivity contribution in [2.75, 3.05) is 20.6 Å². The monoisotopic (exact) mass is 282 g/mol. The number of rotatable bonds is 5. The number of hydrogen-bond donors (Lipinski definition) is 1. The summed E-state index contributed by atoms with van der Waals surface area (Å²) < 4.78 is 0. The van der Waals surface area contributed by atoms with Crippen LogP contribution in [0, 0.1) is 16.7 Å².